The predicted octanol–water partition coefficient (Wildman–Crippen LogP) is 4.24. The summed E-state index contributed by atoms with van der Waals surface area (Å²) in [5.74, 6) is -0.860. The molecule has 178 valence electrons. The number of esters is 1. The van der Waals surface area contributed by atoms with Crippen LogP contribution in [-0.4, -0.2) is 39.2 Å². The average Bonchev–Trinajstić information content (AvgIpc) is 2.88. The van der Waals surface area contributed by atoms with Crippen LogP contribution in [0.5, 0.6) is 17.2 Å². The van der Waals surface area contributed by atoms with Crippen LogP contribution in [0.1, 0.15) is 27.0 Å². The van der Waals surface area contributed by atoms with E-state index in [9.17, 15) is 24.9 Å². The second-order valence-electron chi connectivity index (χ2n) is 7.23. The van der Waals surface area contributed by atoms with Gasteiger partial charge in [-0.15, -0.1) is 0 Å². The van der Waals surface area contributed by atoms with Crippen LogP contribution in [0.3, 0.4) is 0 Å². The maximum absolute atomic E-state index is 12.2. The van der Waals surface area contributed by atoms with Crippen LogP contribution in [0, 0.1) is 0 Å². The molecule has 0 aliphatic carbocycles. The second kappa shape index (κ2) is 12.0. The SMILES string of the molecule is COc1cc(/C=C/C(O)=C/C(=O)/C=C/c2ccc(OC(=O)c3cccnc3)c(CO)c2)ccc1O. The van der Waals surface area contributed by atoms with Crippen molar-refractivity contribution < 1.29 is 34.4 Å². The summed E-state index contributed by atoms with van der Waals surface area (Å²) in [4.78, 5) is 28.3. The van der Waals surface area contributed by atoms with Gasteiger partial charge in [-0.1, -0.05) is 24.3 Å². The van der Waals surface area contributed by atoms with Crippen molar-refractivity contribution in [3.63, 3.8) is 0 Å². The van der Waals surface area contributed by atoms with E-state index in [1.54, 1.807) is 42.5 Å². The molecule has 0 spiro atoms. The number of hydrogen-bond donors (Lipinski definition) is 3. The van der Waals surface area contributed by atoms with Gasteiger partial charge in [0.25, 0.3) is 0 Å². The van der Waals surface area contributed by atoms with Crippen molar-refractivity contribution in [2.24, 2.45) is 0 Å². The Kier molecular flexibility index (Phi) is 8.53. The van der Waals surface area contributed by atoms with Crippen molar-refractivity contribution in [2.75, 3.05) is 7.11 Å². The van der Waals surface area contributed by atoms with Gasteiger partial charge in [-0.25, -0.2) is 4.79 Å². The molecule has 0 aliphatic rings. The number of pyridine rings is 1. The summed E-state index contributed by atoms with van der Waals surface area (Å²) in [6.07, 6.45) is 9.62. The number of carbonyl (C=O) groups excluding carboxylic acids is 2. The van der Waals surface area contributed by atoms with E-state index in [-0.39, 0.29) is 35.2 Å². The number of allylic oxidation sites excluding steroid dienone is 3. The van der Waals surface area contributed by atoms with E-state index in [4.69, 9.17) is 9.47 Å². The first-order valence-electron chi connectivity index (χ1n) is 10.4. The normalized spacial score (nSPS) is 11.7. The van der Waals surface area contributed by atoms with Crippen molar-refractivity contribution in [3.8, 4) is 17.2 Å². The highest BCUT2D eigenvalue weighted by Crippen LogP contribution is 2.27. The summed E-state index contributed by atoms with van der Waals surface area (Å²) >= 11 is 0. The number of phenols is 1. The standard InChI is InChI=1S/C27H23NO7/c1-34-26-14-19(6-10-24(26)32)5-9-23(31)15-22(30)8-4-18-7-11-25(21(13-18)17-29)35-27(33)20-3-2-12-28-16-20/h2-16,29,31-32H,17H2,1H3/b8-4+,9-5+,23-15-. The summed E-state index contributed by atoms with van der Waals surface area (Å²) < 4.78 is 10.4. The van der Waals surface area contributed by atoms with Gasteiger partial charge in [0.2, 0.25) is 0 Å². The molecule has 0 radical (unpaired) electrons. The molecule has 1 aromatic heterocycles. The molecule has 0 unspecified atom stereocenters. The molecule has 0 saturated heterocycles. The lowest BCUT2D eigenvalue weighted by Gasteiger charge is -2.09. The Morgan fingerprint density at radius 1 is 1.00 bits per heavy atom. The van der Waals surface area contributed by atoms with Crippen molar-refractivity contribution in [1.82, 2.24) is 4.98 Å². The first-order valence-corrected chi connectivity index (χ1v) is 10.4. The molecule has 0 aliphatic heterocycles. The minimum absolute atomic E-state index is 0.00577. The molecule has 0 bridgehead atoms. The third-order valence-corrected chi connectivity index (χ3v) is 4.74. The van der Waals surface area contributed by atoms with E-state index < -0.39 is 11.8 Å². The molecule has 3 N–H and O–H groups in total. The summed E-state index contributed by atoms with van der Waals surface area (Å²) in [6, 6.07) is 12.6. The van der Waals surface area contributed by atoms with Gasteiger partial charge in [0, 0.05) is 24.0 Å². The van der Waals surface area contributed by atoms with Crippen LogP contribution in [0.2, 0.25) is 0 Å². The molecule has 1 heterocycles. The fraction of sp³-hybridized carbons (Fsp3) is 0.0741. The van der Waals surface area contributed by atoms with Gasteiger partial charge < -0.3 is 24.8 Å². The molecular formula is C27H23NO7. The summed E-state index contributed by atoms with van der Waals surface area (Å²) in [5.41, 5.74) is 1.88. The molecular weight excluding hydrogens is 450 g/mol. The number of nitrogens with zero attached hydrogens (tertiary/aromatic N) is 1. The quantitative estimate of drug-likeness (QED) is 0.138. The molecule has 3 aromatic rings. The van der Waals surface area contributed by atoms with Gasteiger partial charge in [-0.2, -0.15) is 0 Å². The number of hydrogen-bond acceptors (Lipinski definition) is 8. The minimum Gasteiger partial charge on any atom is -0.508 e. The Morgan fingerprint density at radius 2 is 1.74 bits per heavy atom. The monoisotopic (exact) mass is 473 g/mol. The maximum atomic E-state index is 12.2. The number of methoxy groups -OCH3 is 1. The molecule has 35 heavy (non-hydrogen) atoms. The Labute approximate surface area is 201 Å². The number of ketones is 1. The highest BCUT2D eigenvalue weighted by molar-refractivity contribution is 6.02. The molecule has 0 amide bonds. The van der Waals surface area contributed by atoms with E-state index >= 15 is 0 Å². The Hall–Kier alpha value is -4.69. The predicted molar refractivity (Wildman–Crippen MR) is 130 cm³/mol. The number of rotatable bonds is 9. The minimum atomic E-state index is -0.606. The average molecular weight is 473 g/mol. The number of phenolic OH excluding ortho intramolecular Hbond substituents is 1. The topological polar surface area (TPSA) is 126 Å². The third kappa shape index (κ3) is 7.15. The lowest BCUT2D eigenvalue weighted by Crippen LogP contribution is -2.10. The highest BCUT2D eigenvalue weighted by atomic mass is 16.5. The van der Waals surface area contributed by atoms with Gasteiger partial charge >= 0.3 is 5.97 Å². The lowest BCUT2D eigenvalue weighted by atomic mass is 10.1. The molecule has 0 atom stereocenters. The molecule has 2 aromatic carbocycles. The van der Waals surface area contributed by atoms with Crippen LogP contribution in [0.15, 0.2) is 84.9 Å². The van der Waals surface area contributed by atoms with Crippen LogP contribution in [0.25, 0.3) is 12.2 Å². The highest BCUT2D eigenvalue weighted by Gasteiger charge is 2.12. The summed E-state index contributed by atoms with van der Waals surface area (Å²) in [7, 11) is 1.43. The summed E-state index contributed by atoms with van der Waals surface area (Å²) in [6.45, 7) is -0.376. The van der Waals surface area contributed by atoms with Gasteiger partial charge in [0.1, 0.15) is 11.5 Å². The fourth-order valence-corrected chi connectivity index (χ4v) is 2.97. The first-order chi connectivity index (χ1) is 16.9. The lowest BCUT2D eigenvalue weighted by molar-refractivity contribution is -0.110. The van der Waals surface area contributed by atoms with E-state index in [0.717, 1.165) is 6.08 Å². The number of benzene rings is 2. The Bertz CT molecular complexity index is 1290. The van der Waals surface area contributed by atoms with E-state index in [0.29, 0.717) is 16.7 Å². The van der Waals surface area contributed by atoms with Gasteiger partial charge in [-0.05, 0) is 59.7 Å². The number of aliphatic hydroxyl groups is 2. The number of ether oxygens (including phenoxy) is 2. The number of carbonyl (C=O) groups is 2. The largest absolute Gasteiger partial charge is 0.508 e. The number of aromatic hydroxyl groups is 1. The number of aromatic nitrogens is 1. The number of aliphatic hydroxyl groups excluding tert-OH is 2. The third-order valence-electron chi connectivity index (χ3n) is 4.74. The van der Waals surface area contributed by atoms with Gasteiger partial charge in [-0.3, -0.25) is 9.78 Å². The van der Waals surface area contributed by atoms with Crippen molar-refractivity contribution in [3.05, 3.63) is 107 Å². The Balaban J connectivity index is 1.65. The fourth-order valence-electron chi connectivity index (χ4n) is 2.97. The zero-order chi connectivity index (χ0) is 25.2. The van der Waals surface area contributed by atoms with E-state index in [2.05, 4.69) is 4.98 Å². The molecule has 0 saturated carbocycles. The maximum Gasteiger partial charge on any atom is 0.345 e. The summed E-state index contributed by atoms with van der Waals surface area (Å²) in [5, 5.41) is 29.3. The van der Waals surface area contributed by atoms with E-state index in [1.165, 1.54) is 49.9 Å². The van der Waals surface area contributed by atoms with Crippen molar-refractivity contribution in [1.29, 1.82) is 0 Å². The first kappa shape index (κ1) is 24.9. The molecule has 3 rings (SSSR count). The van der Waals surface area contributed by atoms with Gasteiger partial charge in [0.15, 0.2) is 17.3 Å². The molecule has 8 heteroatoms. The van der Waals surface area contributed by atoms with Crippen LogP contribution < -0.4 is 9.47 Å². The van der Waals surface area contributed by atoms with Crippen LogP contribution in [-0.2, 0) is 11.4 Å². The second-order valence-corrected chi connectivity index (χ2v) is 7.23. The molecule has 8 nitrogen and oxygen atoms in total. The van der Waals surface area contributed by atoms with Crippen molar-refractivity contribution in [2.45, 2.75) is 6.61 Å². The zero-order valence-electron chi connectivity index (χ0n) is 18.8. The Morgan fingerprint density at radius 3 is 2.46 bits per heavy atom. The van der Waals surface area contributed by atoms with Crippen LogP contribution >= 0.6 is 0 Å². The zero-order valence-corrected chi connectivity index (χ0v) is 18.8. The van der Waals surface area contributed by atoms with E-state index in [1.807, 2.05) is 0 Å². The van der Waals surface area contributed by atoms with Gasteiger partial charge in [0.05, 0.1) is 19.3 Å². The smallest absolute Gasteiger partial charge is 0.345 e. The van der Waals surface area contributed by atoms with Crippen LogP contribution in [0.4, 0.5) is 0 Å². The van der Waals surface area contributed by atoms with Crippen molar-refractivity contribution >= 4 is 23.9 Å². The molecule has 0 fully saturated rings.